The Morgan fingerprint density at radius 2 is 2.36 bits per heavy atom. The second-order valence-electron chi connectivity index (χ2n) is 6.12. The van der Waals surface area contributed by atoms with E-state index in [0.717, 1.165) is 0 Å². The minimum absolute atomic E-state index is 0.0230. The summed E-state index contributed by atoms with van der Waals surface area (Å²) in [5, 5.41) is 1.71. The standard InChI is InChI=1S/C15H16N4O4S2/c20-14(11-7-24-10-17-11)19-6-2-4-15(9-19)8-18-25(21,22)12-3-1-5-16-13(12)23-15/h1,3,5,7,10H,2,4,6,8-9H2,(H-,18,21,22). The lowest BCUT2D eigenvalue weighted by Crippen LogP contribution is -2.58. The number of likely N-dealkylation sites (tertiary alicyclic amines) is 1. The first-order valence-corrected chi connectivity index (χ1v) is 10.2. The minimum atomic E-state index is -3.69. The number of piperidine rings is 1. The molecule has 8 nitrogen and oxygen atoms in total. The number of carbonyl (C=O) groups excluding carboxylic acids is 1. The molecule has 1 saturated heterocycles. The quantitative estimate of drug-likeness (QED) is 0.743. The predicted octanol–water partition coefficient (Wildman–Crippen LogP) is 1.10. The van der Waals surface area contributed by atoms with E-state index in [1.54, 1.807) is 21.9 Å². The maximum absolute atomic E-state index is 12.6. The van der Waals surface area contributed by atoms with Crippen molar-refractivity contribution in [2.45, 2.75) is 23.3 Å². The van der Waals surface area contributed by atoms with Crippen molar-refractivity contribution in [3.63, 3.8) is 0 Å². The van der Waals surface area contributed by atoms with Crippen LogP contribution in [0.2, 0.25) is 0 Å². The number of nitrogens with one attached hydrogen (secondary N) is 1. The average molecular weight is 380 g/mol. The fraction of sp³-hybridized carbons (Fsp3) is 0.400. The highest BCUT2D eigenvalue weighted by atomic mass is 32.3. The van der Waals surface area contributed by atoms with Gasteiger partial charge in [0.15, 0.2) is 10.4 Å². The first-order valence-electron chi connectivity index (χ1n) is 7.80. The van der Waals surface area contributed by atoms with E-state index >= 15 is 0 Å². The second kappa shape index (κ2) is 6.13. The number of hydrogen-bond acceptors (Lipinski definition) is 7. The summed E-state index contributed by atoms with van der Waals surface area (Å²) in [4.78, 5) is 22.5. The highest BCUT2D eigenvalue weighted by Gasteiger charge is 2.46. The molecule has 0 radical (unpaired) electrons. The smallest absolute Gasteiger partial charge is 0.273 e. The number of pyridine rings is 1. The van der Waals surface area contributed by atoms with Crippen molar-refractivity contribution in [1.82, 2.24) is 19.6 Å². The molecular formula is C15H16N4O4S2. The van der Waals surface area contributed by atoms with Gasteiger partial charge in [-0.3, -0.25) is 4.79 Å². The molecule has 2 aromatic heterocycles. The van der Waals surface area contributed by atoms with Gasteiger partial charge in [-0.15, -0.1) is 16.1 Å². The van der Waals surface area contributed by atoms with E-state index in [1.165, 1.54) is 23.6 Å². The number of nitrogens with zero attached hydrogens (tertiary/aromatic N) is 3. The van der Waals surface area contributed by atoms with Crippen molar-refractivity contribution in [2.75, 3.05) is 19.6 Å². The van der Waals surface area contributed by atoms with E-state index in [1.807, 2.05) is 0 Å². The topological polar surface area (TPSA) is 107 Å². The van der Waals surface area contributed by atoms with Gasteiger partial charge in [0.1, 0.15) is 11.3 Å². The number of sulfonamides is 1. The van der Waals surface area contributed by atoms with E-state index < -0.39 is 16.0 Å². The monoisotopic (exact) mass is 380 g/mol. The molecule has 0 aliphatic carbocycles. The lowest BCUT2D eigenvalue weighted by atomic mass is 9.92. The van der Waals surface area contributed by atoms with Gasteiger partial charge in [0.2, 0.25) is 4.90 Å². The second-order valence-corrected chi connectivity index (χ2v) is 8.57. The Labute approximate surface area is 149 Å². The minimum Gasteiger partial charge on any atom is -0.593 e. The van der Waals surface area contributed by atoms with Crippen molar-refractivity contribution in [2.24, 2.45) is 0 Å². The molecule has 1 fully saturated rings. The number of amides is 1. The largest absolute Gasteiger partial charge is 0.593 e. The lowest BCUT2D eigenvalue weighted by molar-refractivity contribution is -0.00422. The highest BCUT2D eigenvalue weighted by molar-refractivity contribution is 7.95. The van der Waals surface area contributed by atoms with Crippen LogP contribution in [0.1, 0.15) is 23.3 Å². The van der Waals surface area contributed by atoms with Gasteiger partial charge in [-0.25, -0.2) is 9.97 Å². The molecular weight excluding hydrogens is 364 g/mol. The summed E-state index contributed by atoms with van der Waals surface area (Å²) in [5.74, 6) is -0.0901. The third kappa shape index (κ3) is 3.06. The van der Waals surface area contributed by atoms with Crippen molar-refractivity contribution < 1.29 is 18.3 Å². The molecule has 2 aliphatic rings. The van der Waals surface area contributed by atoms with Gasteiger partial charge in [0, 0.05) is 24.2 Å². The van der Waals surface area contributed by atoms with Gasteiger partial charge >= 0.3 is 0 Å². The zero-order valence-corrected chi connectivity index (χ0v) is 14.8. The first-order chi connectivity index (χ1) is 12.0. The van der Waals surface area contributed by atoms with Gasteiger partial charge in [0.05, 0.1) is 18.6 Å². The Balaban J connectivity index is 1.64. The molecule has 0 aromatic carbocycles. The number of aromatic nitrogens is 2. The molecule has 2 atom stereocenters. The first kappa shape index (κ1) is 16.6. The molecule has 132 valence electrons. The number of ether oxygens (including phenoxy) is 1. The zero-order chi connectivity index (χ0) is 17.5. The summed E-state index contributed by atoms with van der Waals surface area (Å²) in [5.41, 5.74) is 1.18. The molecule has 2 aromatic rings. The Morgan fingerprint density at radius 3 is 3.16 bits per heavy atom. The molecule has 4 heterocycles. The van der Waals surface area contributed by atoms with Crippen LogP contribution in [-0.4, -0.2) is 50.6 Å². The molecule has 25 heavy (non-hydrogen) atoms. The van der Waals surface area contributed by atoms with Crippen LogP contribution in [0.3, 0.4) is 0 Å². The SMILES string of the molecule is O=C(c1cscn1)N1CCCC2(CN[S+](=O)([O-])c3cccnc3O2)C1. The van der Waals surface area contributed by atoms with Gasteiger partial charge in [0.25, 0.3) is 11.8 Å². The summed E-state index contributed by atoms with van der Waals surface area (Å²) in [6, 6.07) is 3.02. The van der Waals surface area contributed by atoms with Crippen LogP contribution in [-0.2, 0) is 14.6 Å². The van der Waals surface area contributed by atoms with Crippen LogP contribution >= 0.6 is 11.3 Å². The number of thiazole rings is 1. The lowest BCUT2D eigenvalue weighted by Gasteiger charge is -2.40. The zero-order valence-electron chi connectivity index (χ0n) is 13.2. The predicted molar refractivity (Wildman–Crippen MR) is 89.9 cm³/mol. The van der Waals surface area contributed by atoms with Crippen LogP contribution < -0.4 is 9.46 Å². The van der Waals surface area contributed by atoms with Crippen LogP contribution in [0.4, 0.5) is 0 Å². The third-order valence-corrected chi connectivity index (χ3v) is 6.40. The van der Waals surface area contributed by atoms with Crippen molar-refractivity contribution in [3.8, 4) is 5.88 Å². The van der Waals surface area contributed by atoms with E-state index in [9.17, 15) is 13.6 Å². The Hall–Kier alpha value is -1.88. The van der Waals surface area contributed by atoms with Crippen LogP contribution in [0.15, 0.2) is 34.1 Å². The van der Waals surface area contributed by atoms with Gasteiger partial charge < -0.3 is 14.2 Å². The van der Waals surface area contributed by atoms with Crippen molar-refractivity contribution >= 4 is 27.6 Å². The average Bonchev–Trinajstić information content (AvgIpc) is 3.12. The fourth-order valence-corrected chi connectivity index (χ4v) is 4.90. The maximum atomic E-state index is 12.6. The van der Waals surface area contributed by atoms with E-state index in [2.05, 4.69) is 14.7 Å². The third-order valence-electron chi connectivity index (χ3n) is 4.40. The molecule has 2 aliphatic heterocycles. The van der Waals surface area contributed by atoms with Crippen LogP contribution in [0.5, 0.6) is 5.88 Å². The molecule has 0 bridgehead atoms. The summed E-state index contributed by atoms with van der Waals surface area (Å²) in [7, 11) is -3.69. The summed E-state index contributed by atoms with van der Waals surface area (Å²) in [6.07, 6.45) is 2.83. The number of fused-ring (bicyclic) bond motifs is 1. The maximum Gasteiger partial charge on any atom is 0.273 e. The highest BCUT2D eigenvalue weighted by Crippen LogP contribution is 2.35. The van der Waals surface area contributed by atoms with Crippen molar-refractivity contribution in [3.05, 3.63) is 34.9 Å². The number of rotatable bonds is 1. The summed E-state index contributed by atoms with van der Waals surface area (Å²) < 4.78 is 33.4. The normalized spacial score (nSPS) is 28.9. The van der Waals surface area contributed by atoms with Gasteiger partial charge in [-0.1, -0.05) is 4.21 Å². The number of carbonyl (C=O) groups is 1. The fourth-order valence-electron chi connectivity index (χ4n) is 3.18. The van der Waals surface area contributed by atoms with E-state index in [4.69, 9.17) is 4.74 Å². The van der Waals surface area contributed by atoms with E-state index in [0.29, 0.717) is 25.1 Å². The Kier molecular flexibility index (Phi) is 4.07. The Bertz CT molecular complexity index is 844. The molecule has 2 unspecified atom stereocenters. The van der Waals surface area contributed by atoms with Crippen LogP contribution in [0.25, 0.3) is 0 Å². The summed E-state index contributed by atoms with van der Waals surface area (Å²) in [6.45, 7) is 0.956. The molecule has 1 amide bonds. The molecule has 0 saturated carbocycles. The number of hydrogen-bond donors (Lipinski definition) is 1. The Morgan fingerprint density at radius 1 is 1.48 bits per heavy atom. The van der Waals surface area contributed by atoms with Crippen LogP contribution in [0, 0.1) is 0 Å². The molecule has 4 rings (SSSR count). The molecule has 1 N–H and O–H groups in total. The molecule has 1 spiro atoms. The molecule has 10 heteroatoms. The van der Waals surface area contributed by atoms with Gasteiger partial charge in [-0.2, -0.15) is 0 Å². The van der Waals surface area contributed by atoms with Crippen molar-refractivity contribution in [1.29, 1.82) is 0 Å². The van der Waals surface area contributed by atoms with Gasteiger partial charge in [-0.05, 0) is 18.9 Å². The van der Waals surface area contributed by atoms with E-state index in [-0.39, 0.29) is 29.8 Å². The summed E-state index contributed by atoms with van der Waals surface area (Å²) >= 11 is 1.36.